The van der Waals surface area contributed by atoms with Gasteiger partial charge in [-0.25, -0.2) is 22.0 Å². The third-order valence-electron chi connectivity index (χ3n) is 5.22. The maximum Gasteiger partial charge on any atom is 0.303 e. The molecule has 0 radical (unpaired) electrons. The third kappa shape index (κ3) is 7.54. The predicted octanol–water partition coefficient (Wildman–Crippen LogP) is 2.05. The van der Waals surface area contributed by atoms with Crippen LogP contribution >= 0.6 is 11.6 Å². The van der Waals surface area contributed by atoms with E-state index < -0.39 is 36.9 Å². The van der Waals surface area contributed by atoms with Crippen molar-refractivity contribution in [3.63, 3.8) is 0 Å². The van der Waals surface area contributed by atoms with Crippen molar-refractivity contribution < 1.29 is 36.6 Å². The van der Waals surface area contributed by atoms with Gasteiger partial charge in [0.1, 0.15) is 9.79 Å². The molecular formula is C19H28ClN3O8S2. The van der Waals surface area contributed by atoms with E-state index in [0.717, 1.165) is 6.07 Å². The number of unbranched alkanes of at least 4 members (excludes halogenated alkanes) is 4. The fourth-order valence-electron chi connectivity index (χ4n) is 3.56. The Balaban J connectivity index is 2.28. The average molecular weight is 526 g/mol. The van der Waals surface area contributed by atoms with Crippen molar-refractivity contribution in [3.05, 3.63) is 17.2 Å². The second-order valence-corrected chi connectivity index (χ2v) is 11.6. The zero-order chi connectivity index (χ0) is 24.8. The number of fused-ring (bicyclic) bond motifs is 1. The Morgan fingerprint density at radius 1 is 0.970 bits per heavy atom. The van der Waals surface area contributed by atoms with E-state index in [4.69, 9.17) is 27.0 Å². The van der Waals surface area contributed by atoms with E-state index in [1.165, 1.54) is 10.4 Å². The molecule has 11 nitrogen and oxygen atoms in total. The summed E-state index contributed by atoms with van der Waals surface area (Å²) in [6, 6.07) is 2.24. The molecule has 0 aromatic heterocycles. The number of carbonyl (C=O) groups is 2. The van der Waals surface area contributed by atoms with Gasteiger partial charge in [-0.1, -0.05) is 24.4 Å². The molecule has 0 amide bonds. The zero-order valence-corrected chi connectivity index (χ0v) is 20.3. The minimum atomic E-state index is -4.26. The lowest BCUT2D eigenvalue weighted by atomic mass is 10.2. The summed E-state index contributed by atoms with van der Waals surface area (Å²) in [4.78, 5) is 22.4. The van der Waals surface area contributed by atoms with Gasteiger partial charge in [-0.3, -0.25) is 9.59 Å². The highest BCUT2D eigenvalue weighted by atomic mass is 35.5. The molecule has 0 saturated carbocycles. The van der Waals surface area contributed by atoms with Crippen LogP contribution in [0.2, 0.25) is 5.02 Å². The SMILES string of the molecule is NS(=O)(=O)c1cc2c(cc1Cl)N(CCCCCC(=O)O)CN(CCCCCC(=O)O)S2(=O)=O. The van der Waals surface area contributed by atoms with Gasteiger partial charge in [-0.15, -0.1) is 0 Å². The minimum absolute atomic E-state index is 0.00568. The number of hydrogen-bond donors (Lipinski definition) is 3. The molecule has 0 unspecified atom stereocenters. The summed E-state index contributed by atoms with van der Waals surface area (Å²) >= 11 is 6.10. The van der Waals surface area contributed by atoms with Gasteiger partial charge in [0.25, 0.3) is 0 Å². The highest BCUT2D eigenvalue weighted by molar-refractivity contribution is 7.90. The van der Waals surface area contributed by atoms with E-state index in [0.29, 0.717) is 45.1 Å². The first-order valence-corrected chi connectivity index (χ1v) is 13.8. The number of primary sulfonamides is 1. The summed E-state index contributed by atoms with van der Waals surface area (Å²) in [6.45, 7) is 0.547. The van der Waals surface area contributed by atoms with Gasteiger partial charge < -0.3 is 15.1 Å². The monoisotopic (exact) mass is 525 g/mol. The Labute approximate surface area is 198 Å². The van der Waals surface area contributed by atoms with E-state index in [-0.39, 0.29) is 41.7 Å². The van der Waals surface area contributed by atoms with Gasteiger partial charge in [0.15, 0.2) is 0 Å². The maximum atomic E-state index is 13.2. The molecule has 0 atom stereocenters. The van der Waals surface area contributed by atoms with Crippen LogP contribution in [0, 0.1) is 0 Å². The van der Waals surface area contributed by atoms with Crippen molar-refractivity contribution in [2.45, 2.75) is 61.2 Å². The summed E-state index contributed by atoms with van der Waals surface area (Å²) in [7, 11) is -8.31. The molecule has 0 aliphatic carbocycles. The molecule has 0 spiro atoms. The molecule has 1 aromatic carbocycles. The number of sulfonamides is 2. The molecule has 1 aliphatic rings. The number of hydrogen-bond acceptors (Lipinski definition) is 7. The summed E-state index contributed by atoms with van der Waals surface area (Å²) in [5, 5.41) is 22.5. The number of benzene rings is 1. The van der Waals surface area contributed by atoms with Crippen LogP contribution in [0.15, 0.2) is 21.9 Å². The standard InChI is InChI=1S/C19H28ClN3O8S2/c20-14-11-15-17(12-16(14)32(21,28)29)33(30,31)23(10-6-2-4-8-19(26)27)13-22(15)9-5-1-3-7-18(24)25/h11-12H,1-10,13H2,(H,24,25)(H,26,27)(H2,21,28,29). The molecule has 2 rings (SSSR count). The van der Waals surface area contributed by atoms with E-state index >= 15 is 0 Å². The number of anilines is 1. The minimum Gasteiger partial charge on any atom is -0.481 e. The highest BCUT2D eigenvalue weighted by Crippen LogP contribution is 2.38. The number of rotatable bonds is 13. The first-order chi connectivity index (χ1) is 15.3. The molecule has 33 heavy (non-hydrogen) atoms. The average Bonchev–Trinajstić information content (AvgIpc) is 2.68. The molecule has 1 aliphatic heterocycles. The van der Waals surface area contributed by atoms with E-state index in [1.54, 1.807) is 4.90 Å². The first-order valence-electron chi connectivity index (χ1n) is 10.4. The molecule has 1 aromatic rings. The topological polar surface area (TPSA) is 175 Å². The van der Waals surface area contributed by atoms with Crippen LogP contribution in [0.3, 0.4) is 0 Å². The molecule has 0 bridgehead atoms. The first kappa shape index (κ1) is 27.3. The maximum absolute atomic E-state index is 13.2. The zero-order valence-electron chi connectivity index (χ0n) is 17.9. The molecule has 0 fully saturated rings. The number of halogens is 1. The van der Waals surface area contributed by atoms with Gasteiger partial charge in [0.2, 0.25) is 20.0 Å². The molecule has 4 N–H and O–H groups in total. The molecule has 0 saturated heterocycles. The van der Waals surface area contributed by atoms with Crippen LogP contribution in [0.25, 0.3) is 0 Å². The highest BCUT2D eigenvalue weighted by Gasteiger charge is 2.36. The van der Waals surface area contributed by atoms with E-state index in [2.05, 4.69) is 0 Å². The van der Waals surface area contributed by atoms with Crippen molar-refractivity contribution in [1.29, 1.82) is 0 Å². The number of nitrogens with two attached hydrogens (primary N) is 1. The number of carboxylic acids is 2. The molecule has 186 valence electrons. The Bertz CT molecular complexity index is 1090. The lowest BCUT2D eigenvalue weighted by Gasteiger charge is -2.38. The number of aliphatic carboxylic acids is 2. The molecular weight excluding hydrogens is 498 g/mol. The van der Waals surface area contributed by atoms with Gasteiger partial charge in [0, 0.05) is 25.9 Å². The summed E-state index contributed by atoms with van der Waals surface area (Å²) < 4.78 is 51.4. The summed E-state index contributed by atoms with van der Waals surface area (Å²) in [5.74, 6) is -1.81. The lowest BCUT2D eigenvalue weighted by molar-refractivity contribution is -0.138. The van der Waals surface area contributed by atoms with Crippen molar-refractivity contribution >= 4 is 49.3 Å². The summed E-state index contributed by atoms with van der Waals surface area (Å²) in [6.07, 6.45) is 3.08. The normalized spacial score (nSPS) is 15.9. The van der Waals surface area contributed by atoms with Crippen molar-refractivity contribution in [2.24, 2.45) is 5.14 Å². The molecule has 14 heteroatoms. The molecule has 1 heterocycles. The van der Waals surface area contributed by atoms with Crippen LogP contribution in [0.4, 0.5) is 5.69 Å². The van der Waals surface area contributed by atoms with E-state index in [9.17, 15) is 26.4 Å². The quantitative estimate of drug-likeness (QED) is 0.325. The van der Waals surface area contributed by atoms with Crippen LogP contribution in [0.5, 0.6) is 0 Å². The third-order valence-corrected chi connectivity index (χ3v) is 8.46. The van der Waals surface area contributed by atoms with Gasteiger partial charge in [-0.05, 0) is 37.8 Å². The largest absolute Gasteiger partial charge is 0.481 e. The fourth-order valence-corrected chi connectivity index (χ4v) is 6.38. The van der Waals surface area contributed by atoms with Crippen LogP contribution < -0.4 is 10.0 Å². The Morgan fingerprint density at radius 2 is 1.52 bits per heavy atom. The lowest BCUT2D eigenvalue weighted by Crippen LogP contribution is -2.47. The van der Waals surface area contributed by atoms with Crippen molar-refractivity contribution in [3.8, 4) is 0 Å². The second kappa shape index (κ2) is 11.5. The van der Waals surface area contributed by atoms with Crippen LogP contribution in [0.1, 0.15) is 51.4 Å². The predicted molar refractivity (Wildman–Crippen MR) is 121 cm³/mol. The van der Waals surface area contributed by atoms with Crippen molar-refractivity contribution in [1.82, 2.24) is 4.31 Å². The Morgan fingerprint density at radius 3 is 2.03 bits per heavy atom. The smallest absolute Gasteiger partial charge is 0.303 e. The van der Waals surface area contributed by atoms with Crippen molar-refractivity contribution in [2.75, 3.05) is 24.7 Å². The van der Waals surface area contributed by atoms with Gasteiger partial charge in [0.05, 0.1) is 17.4 Å². The van der Waals surface area contributed by atoms with Crippen LogP contribution in [-0.2, 0) is 29.6 Å². The van der Waals surface area contributed by atoms with Crippen LogP contribution in [-0.4, -0.2) is 63.1 Å². The second-order valence-electron chi connectivity index (χ2n) is 7.79. The summed E-state index contributed by atoms with van der Waals surface area (Å²) in [5.41, 5.74) is 0.257. The van der Waals surface area contributed by atoms with E-state index in [1.807, 2.05) is 0 Å². The van der Waals surface area contributed by atoms with Gasteiger partial charge >= 0.3 is 11.9 Å². The number of carboxylic acid groups (broad SMARTS) is 2. The Hall–Kier alpha value is -1.93. The number of nitrogens with zero attached hydrogens (tertiary/aromatic N) is 2. The Kier molecular flexibility index (Phi) is 9.49. The van der Waals surface area contributed by atoms with Gasteiger partial charge in [-0.2, -0.15) is 4.31 Å². The fraction of sp³-hybridized carbons (Fsp3) is 0.579.